The lowest BCUT2D eigenvalue weighted by Gasteiger charge is -2.25. The number of anilines is 1. The number of pyridine rings is 1. The van der Waals surface area contributed by atoms with Gasteiger partial charge in [0.2, 0.25) is 11.9 Å². The van der Waals surface area contributed by atoms with Crippen molar-refractivity contribution < 1.29 is 18.0 Å². The molecule has 0 saturated carbocycles. The minimum absolute atomic E-state index is 0.204. The van der Waals surface area contributed by atoms with Crippen LogP contribution in [0, 0.1) is 29.0 Å². The van der Waals surface area contributed by atoms with Crippen molar-refractivity contribution in [3.05, 3.63) is 59.7 Å². The third kappa shape index (κ3) is 6.81. The predicted octanol–water partition coefficient (Wildman–Crippen LogP) is 3.29. The van der Waals surface area contributed by atoms with Crippen molar-refractivity contribution in [2.75, 3.05) is 5.32 Å². The average molecular weight is 445 g/mol. The first-order chi connectivity index (χ1) is 13.6. The van der Waals surface area contributed by atoms with Crippen molar-refractivity contribution in [3.63, 3.8) is 0 Å². The monoisotopic (exact) mass is 444 g/mol. The molecule has 1 unspecified atom stereocenters. The van der Waals surface area contributed by atoms with Gasteiger partial charge in [0.05, 0.1) is 11.9 Å². The Hall–Kier alpha value is -3.03. The highest BCUT2D eigenvalue weighted by atomic mass is 35.5. The summed E-state index contributed by atoms with van der Waals surface area (Å²) in [5.41, 5.74) is -0.0678. The number of aliphatic imine (C=N–C) groups is 1. The second-order valence-electron chi connectivity index (χ2n) is 5.70. The van der Waals surface area contributed by atoms with E-state index < -0.39 is 34.0 Å². The zero-order chi connectivity index (χ0) is 21.6. The van der Waals surface area contributed by atoms with Gasteiger partial charge in [-0.2, -0.15) is 9.65 Å². The summed E-state index contributed by atoms with van der Waals surface area (Å²) in [7, 11) is 0. The first-order valence-electron chi connectivity index (χ1n) is 7.85. The number of benzene rings is 1. The van der Waals surface area contributed by atoms with Gasteiger partial charge in [0, 0.05) is 11.6 Å². The van der Waals surface area contributed by atoms with Gasteiger partial charge in [-0.05, 0) is 31.2 Å². The van der Waals surface area contributed by atoms with Gasteiger partial charge < -0.3 is 10.6 Å². The molecule has 1 amide bonds. The second kappa shape index (κ2) is 9.45. The summed E-state index contributed by atoms with van der Waals surface area (Å²) >= 11 is 12.1. The van der Waals surface area contributed by atoms with Gasteiger partial charge in [0.25, 0.3) is 5.91 Å². The van der Waals surface area contributed by atoms with Crippen LogP contribution in [-0.4, -0.2) is 27.3 Å². The molecule has 0 spiro atoms. The minimum atomic E-state index is -1.69. The first-order valence-corrected chi connectivity index (χ1v) is 8.60. The summed E-state index contributed by atoms with van der Waals surface area (Å²) in [4.78, 5) is 19.8. The predicted molar refractivity (Wildman–Crippen MR) is 102 cm³/mol. The first kappa shape index (κ1) is 22.3. The van der Waals surface area contributed by atoms with E-state index in [4.69, 9.17) is 28.5 Å². The molecule has 29 heavy (non-hydrogen) atoms. The fourth-order valence-electron chi connectivity index (χ4n) is 2.03. The summed E-state index contributed by atoms with van der Waals surface area (Å²) in [6.45, 7) is 1.31. The van der Waals surface area contributed by atoms with E-state index >= 15 is 0 Å². The Morgan fingerprint density at radius 2 is 1.90 bits per heavy atom. The van der Waals surface area contributed by atoms with Crippen LogP contribution < -0.4 is 16.0 Å². The van der Waals surface area contributed by atoms with Gasteiger partial charge in [-0.1, -0.05) is 23.2 Å². The van der Waals surface area contributed by atoms with E-state index in [9.17, 15) is 18.0 Å². The molecule has 1 aromatic heterocycles. The molecular weight excluding hydrogens is 432 g/mol. The van der Waals surface area contributed by atoms with Crippen LogP contribution in [0.3, 0.4) is 0 Å². The lowest BCUT2D eigenvalue weighted by Crippen LogP contribution is -2.46. The Morgan fingerprint density at radius 1 is 1.24 bits per heavy atom. The van der Waals surface area contributed by atoms with E-state index in [1.807, 2.05) is 0 Å². The molecule has 0 radical (unpaired) electrons. The van der Waals surface area contributed by atoms with Crippen molar-refractivity contribution in [2.45, 2.75) is 17.4 Å². The van der Waals surface area contributed by atoms with Crippen molar-refractivity contribution in [2.24, 2.45) is 4.99 Å². The van der Waals surface area contributed by atoms with Crippen molar-refractivity contribution in [1.29, 1.82) is 5.26 Å². The minimum Gasteiger partial charge on any atom is -0.328 e. The van der Waals surface area contributed by atoms with E-state index in [2.05, 4.69) is 25.9 Å². The third-order valence-electron chi connectivity index (χ3n) is 3.30. The number of alkyl halides is 2. The topological polar surface area (TPSA) is 102 Å². The average Bonchev–Trinajstić information content (AvgIpc) is 2.61. The van der Waals surface area contributed by atoms with Crippen LogP contribution in [0.25, 0.3) is 0 Å². The van der Waals surface area contributed by atoms with Crippen LogP contribution in [0.5, 0.6) is 0 Å². The fraction of sp³-hybridized carbons (Fsp3) is 0.176. The maximum atomic E-state index is 13.4. The number of guanidine groups is 1. The molecule has 0 aliphatic carbocycles. The summed E-state index contributed by atoms with van der Waals surface area (Å²) < 4.78 is 37.9. The van der Waals surface area contributed by atoms with Gasteiger partial charge in [-0.3, -0.25) is 10.1 Å². The van der Waals surface area contributed by atoms with E-state index in [1.165, 1.54) is 13.0 Å². The molecule has 1 atom stereocenters. The van der Waals surface area contributed by atoms with Gasteiger partial charge in [0.1, 0.15) is 11.6 Å². The molecule has 0 fully saturated rings. The largest absolute Gasteiger partial charge is 0.328 e. The number of nitriles is 1. The van der Waals surface area contributed by atoms with E-state index in [-0.39, 0.29) is 17.2 Å². The Labute approximate surface area is 173 Å². The number of aromatic nitrogens is 1. The molecule has 0 saturated heterocycles. The highest BCUT2D eigenvalue weighted by Crippen LogP contribution is 2.26. The number of nitrogens with one attached hydrogen (secondary N) is 3. The van der Waals surface area contributed by atoms with E-state index in [0.717, 1.165) is 24.4 Å². The summed E-state index contributed by atoms with van der Waals surface area (Å²) in [6.07, 6.45) is 1.39. The molecule has 0 aliphatic heterocycles. The maximum absolute atomic E-state index is 13.4. The van der Waals surface area contributed by atoms with Crippen LogP contribution in [0.2, 0.25) is 0 Å². The number of nitrogens with zero attached hydrogens (tertiary/aromatic N) is 3. The molecule has 0 bridgehead atoms. The van der Waals surface area contributed by atoms with Crippen LogP contribution in [0.15, 0.2) is 41.5 Å². The van der Waals surface area contributed by atoms with Crippen LogP contribution in [0.1, 0.15) is 17.3 Å². The molecule has 2 rings (SSSR count). The standard InChI is InChI=1S/C17H13Cl2F3N6O/c1-17(18,19)15(27-14(29)9-4-10(20)6-11(21)5-9)28-16(25-8-23)26-12-2-3-13(22)24-7-12/h2-7,15H,1H3,(H,27,29)(H2,25,26,28). The summed E-state index contributed by atoms with van der Waals surface area (Å²) in [5, 5.41) is 16.1. The second-order valence-corrected chi connectivity index (χ2v) is 7.46. The molecule has 3 N–H and O–H groups in total. The Balaban J connectivity index is 2.29. The highest BCUT2D eigenvalue weighted by Gasteiger charge is 2.32. The molecule has 0 aliphatic rings. The molecule has 1 heterocycles. The number of carbonyl (C=O) groups is 1. The quantitative estimate of drug-likeness (QED) is 0.164. The van der Waals surface area contributed by atoms with Crippen LogP contribution in [0.4, 0.5) is 18.9 Å². The van der Waals surface area contributed by atoms with Gasteiger partial charge in [-0.25, -0.2) is 18.8 Å². The van der Waals surface area contributed by atoms with Gasteiger partial charge in [0.15, 0.2) is 16.7 Å². The molecule has 2 aromatic rings. The summed E-state index contributed by atoms with van der Waals surface area (Å²) in [5.74, 6) is -3.74. The Kier molecular flexibility index (Phi) is 7.25. The number of hydrogen-bond acceptors (Lipinski definition) is 4. The zero-order valence-corrected chi connectivity index (χ0v) is 16.2. The number of hydrogen-bond donors (Lipinski definition) is 3. The van der Waals surface area contributed by atoms with Gasteiger partial charge in [-0.15, -0.1) is 0 Å². The van der Waals surface area contributed by atoms with Crippen molar-refractivity contribution in [3.8, 4) is 6.19 Å². The number of carbonyl (C=O) groups excluding carboxylic acids is 1. The van der Waals surface area contributed by atoms with Gasteiger partial charge >= 0.3 is 0 Å². The molecule has 7 nitrogen and oxygen atoms in total. The SMILES string of the molecule is CC(Cl)(Cl)C(/N=C(\NC#N)Nc1ccc(F)nc1)NC(=O)c1cc(F)cc(F)c1. The normalized spacial score (nSPS) is 12.7. The zero-order valence-electron chi connectivity index (χ0n) is 14.7. The maximum Gasteiger partial charge on any atom is 0.253 e. The smallest absolute Gasteiger partial charge is 0.253 e. The lowest BCUT2D eigenvalue weighted by atomic mass is 10.2. The number of halogens is 5. The summed E-state index contributed by atoms with van der Waals surface area (Å²) in [6, 6.07) is 4.62. The van der Waals surface area contributed by atoms with E-state index in [1.54, 1.807) is 6.19 Å². The highest BCUT2D eigenvalue weighted by molar-refractivity contribution is 6.48. The van der Waals surface area contributed by atoms with Crippen LogP contribution in [-0.2, 0) is 0 Å². The fourth-order valence-corrected chi connectivity index (χ4v) is 2.24. The Bertz CT molecular complexity index is 937. The molecule has 12 heteroatoms. The molecule has 1 aromatic carbocycles. The van der Waals surface area contributed by atoms with Crippen molar-refractivity contribution in [1.82, 2.24) is 15.6 Å². The molecular formula is C17H13Cl2F3N6O. The van der Waals surface area contributed by atoms with Crippen LogP contribution >= 0.6 is 23.2 Å². The molecule has 152 valence electrons. The number of rotatable bonds is 5. The number of amides is 1. The van der Waals surface area contributed by atoms with Crippen molar-refractivity contribution >= 4 is 40.8 Å². The van der Waals surface area contributed by atoms with E-state index in [0.29, 0.717) is 6.07 Å². The Morgan fingerprint density at radius 3 is 2.41 bits per heavy atom. The lowest BCUT2D eigenvalue weighted by molar-refractivity contribution is 0.0934. The third-order valence-corrected chi connectivity index (χ3v) is 3.71.